The summed E-state index contributed by atoms with van der Waals surface area (Å²) in [5.41, 5.74) is 5.00. The van der Waals surface area contributed by atoms with Crippen molar-refractivity contribution in [3.05, 3.63) is 59.4 Å². The van der Waals surface area contributed by atoms with E-state index in [0.717, 1.165) is 24.2 Å². The molecule has 1 amide bonds. The summed E-state index contributed by atoms with van der Waals surface area (Å²) in [5.74, 6) is 1.10. The number of hydrogen-bond acceptors (Lipinski definition) is 5. The third-order valence-electron chi connectivity index (χ3n) is 5.58. The lowest BCUT2D eigenvalue weighted by atomic mass is 9.95. The van der Waals surface area contributed by atoms with Gasteiger partial charge in [0.1, 0.15) is 5.69 Å². The topological polar surface area (TPSA) is 78.3 Å². The fourth-order valence-corrected chi connectivity index (χ4v) is 4.13. The van der Waals surface area contributed by atoms with Crippen LogP contribution in [0.4, 0.5) is 0 Å². The molecule has 0 atom stereocenters. The second-order valence-corrected chi connectivity index (χ2v) is 7.70. The zero-order valence-electron chi connectivity index (χ0n) is 18.8. The van der Waals surface area contributed by atoms with Gasteiger partial charge in [-0.05, 0) is 69.9 Å². The Labute approximate surface area is 188 Å². The largest absolute Gasteiger partial charge is 0.490 e. The number of aromatic nitrogens is 3. The van der Waals surface area contributed by atoms with E-state index in [1.165, 1.54) is 24.1 Å². The molecule has 0 spiro atoms. The number of amides is 1. The number of nitrogens with one attached hydrogen (secondary N) is 1. The van der Waals surface area contributed by atoms with E-state index in [4.69, 9.17) is 14.6 Å². The lowest BCUT2D eigenvalue weighted by Gasteiger charge is -2.15. The molecule has 0 saturated carbocycles. The second kappa shape index (κ2) is 10.3. The average Bonchev–Trinajstić information content (AvgIpc) is 3.20. The zero-order chi connectivity index (χ0) is 22.3. The molecule has 3 aromatic rings. The van der Waals surface area contributed by atoms with Crippen molar-refractivity contribution in [2.24, 2.45) is 0 Å². The predicted octanol–water partition coefficient (Wildman–Crippen LogP) is 4.05. The number of carbonyl (C=O) groups is 1. The van der Waals surface area contributed by atoms with Crippen LogP contribution < -0.4 is 14.8 Å². The molecule has 2 heterocycles. The monoisotopic (exact) mass is 434 g/mol. The van der Waals surface area contributed by atoms with Gasteiger partial charge in [-0.3, -0.25) is 14.5 Å². The van der Waals surface area contributed by atoms with Gasteiger partial charge in [0.2, 0.25) is 0 Å². The molecular weight excluding hydrogens is 404 g/mol. The maximum atomic E-state index is 12.7. The van der Waals surface area contributed by atoms with Crippen molar-refractivity contribution in [3.63, 3.8) is 0 Å². The van der Waals surface area contributed by atoms with Gasteiger partial charge in [0.25, 0.3) is 5.91 Å². The van der Waals surface area contributed by atoms with Crippen molar-refractivity contribution in [2.75, 3.05) is 19.8 Å². The number of benzene rings is 1. The number of ether oxygens (including phenoxy) is 2. The highest BCUT2D eigenvalue weighted by molar-refractivity contribution is 5.94. The van der Waals surface area contributed by atoms with Crippen molar-refractivity contribution < 1.29 is 14.3 Å². The molecule has 0 unspecified atom stereocenters. The van der Waals surface area contributed by atoms with Crippen LogP contribution in [-0.4, -0.2) is 40.4 Å². The van der Waals surface area contributed by atoms with Crippen LogP contribution in [0.25, 0.3) is 11.4 Å². The van der Waals surface area contributed by atoms with Gasteiger partial charge in [-0.1, -0.05) is 6.07 Å². The van der Waals surface area contributed by atoms with E-state index in [9.17, 15) is 4.79 Å². The summed E-state index contributed by atoms with van der Waals surface area (Å²) < 4.78 is 13.3. The molecule has 0 aliphatic heterocycles. The Kier molecular flexibility index (Phi) is 7.04. The summed E-state index contributed by atoms with van der Waals surface area (Å²) >= 11 is 0. The molecule has 7 nitrogen and oxygen atoms in total. The molecule has 0 radical (unpaired) electrons. The molecular formula is C25H30N4O3. The molecule has 4 rings (SSSR count). The quantitative estimate of drug-likeness (QED) is 0.550. The lowest BCUT2D eigenvalue weighted by Crippen LogP contribution is -2.28. The minimum atomic E-state index is -0.139. The van der Waals surface area contributed by atoms with Gasteiger partial charge >= 0.3 is 0 Å². The molecule has 1 aromatic carbocycles. The summed E-state index contributed by atoms with van der Waals surface area (Å²) in [5, 5.41) is 7.88. The smallest absolute Gasteiger partial charge is 0.251 e. The number of rotatable bonds is 9. The molecule has 2 aromatic heterocycles. The Morgan fingerprint density at radius 2 is 1.88 bits per heavy atom. The standard InChI is InChI=1S/C25H30N4O3/c1-3-31-22-13-12-18(17-23(22)32-4-2)25(30)27-15-16-29-21-11-6-5-9-19(21)24(28-29)20-10-7-8-14-26-20/h7-8,10,12-14,17H,3-6,9,11,15-16H2,1-2H3,(H,27,30). The highest BCUT2D eigenvalue weighted by Crippen LogP contribution is 2.30. The van der Waals surface area contributed by atoms with Gasteiger partial charge < -0.3 is 14.8 Å². The highest BCUT2D eigenvalue weighted by atomic mass is 16.5. The number of carbonyl (C=O) groups excluding carboxylic acids is 1. The maximum Gasteiger partial charge on any atom is 0.251 e. The normalized spacial score (nSPS) is 12.8. The summed E-state index contributed by atoms with van der Waals surface area (Å²) in [7, 11) is 0. The highest BCUT2D eigenvalue weighted by Gasteiger charge is 2.22. The number of nitrogens with zero attached hydrogens (tertiary/aromatic N) is 3. The molecule has 1 aliphatic carbocycles. The van der Waals surface area contributed by atoms with Crippen molar-refractivity contribution >= 4 is 5.91 Å². The predicted molar refractivity (Wildman–Crippen MR) is 123 cm³/mol. The SMILES string of the molecule is CCOc1ccc(C(=O)NCCn2nc(-c3ccccn3)c3c2CCCC3)cc1OCC. The Balaban J connectivity index is 1.45. The van der Waals surface area contributed by atoms with Crippen molar-refractivity contribution in [2.45, 2.75) is 46.1 Å². The molecule has 1 aliphatic rings. The average molecular weight is 435 g/mol. The summed E-state index contributed by atoms with van der Waals surface area (Å²) in [4.78, 5) is 17.2. The third kappa shape index (κ3) is 4.77. The molecule has 0 saturated heterocycles. The van der Waals surface area contributed by atoms with E-state index >= 15 is 0 Å². The van der Waals surface area contributed by atoms with Gasteiger partial charge in [-0.25, -0.2) is 0 Å². The summed E-state index contributed by atoms with van der Waals surface area (Å²) in [6.07, 6.45) is 6.19. The van der Waals surface area contributed by atoms with E-state index in [1.807, 2.05) is 36.7 Å². The maximum absolute atomic E-state index is 12.7. The first-order chi connectivity index (χ1) is 15.7. The summed E-state index contributed by atoms with van der Waals surface area (Å²) in [6.45, 7) is 5.99. The fraction of sp³-hybridized carbons (Fsp3) is 0.400. The molecule has 32 heavy (non-hydrogen) atoms. The van der Waals surface area contributed by atoms with E-state index in [0.29, 0.717) is 43.4 Å². The molecule has 0 bridgehead atoms. The van der Waals surface area contributed by atoms with Gasteiger partial charge in [-0.15, -0.1) is 0 Å². The number of hydrogen-bond donors (Lipinski definition) is 1. The van der Waals surface area contributed by atoms with Crippen LogP contribution in [0.3, 0.4) is 0 Å². The molecule has 168 valence electrons. The Morgan fingerprint density at radius 1 is 1.06 bits per heavy atom. The number of fused-ring (bicyclic) bond motifs is 1. The van der Waals surface area contributed by atoms with E-state index in [-0.39, 0.29) is 5.91 Å². The minimum Gasteiger partial charge on any atom is -0.490 e. The molecule has 1 N–H and O–H groups in total. The first-order valence-corrected chi connectivity index (χ1v) is 11.4. The Morgan fingerprint density at radius 3 is 2.66 bits per heavy atom. The second-order valence-electron chi connectivity index (χ2n) is 7.70. The van der Waals surface area contributed by atoms with Crippen LogP contribution in [-0.2, 0) is 19.4 Å². The zero-order valence-corrected chi connectivity index (χ0v) is 18.8. The van der Waals surface area contributed by atoms with Crippen molar-refractivity contribution in [1.29, 1.82) is 0 Å². The van der Waals surface area contributed by atoms with E-state index in [1.54, 1.807) is 24.4 Å². The van der Waals surface area contributed by atoms with Crippen molar-refractivity contribution in [3.8, 4) is 22.9 Å². The van der Waals surface area contributed by atoms with Crippen LogP contribution >= 0.6 is 0 Å². The van der Waals surface area contributed by atoms with Crippen LogP contribution in [0.5, 0.6) is 11.5 Å². The van der Waals surface area contributed by atoms with Crippen LogP contribution in [0, 0.1) is 0 Å². The van der Waals surface area contributed by atoms with Crippen LogP contribution in [0.15, 0.2) is 42.6 Å². The van der Waals surface area contributed by atoms with Crippen LogP contribution in [0.2, 0.25) is 0 Å². The van der Waals surface area contributed by atoms with E-state index < -0.39 is 0 Å². The van der Waals surface area contributed by atoms with Gasteiger partial charge in [0.05, 0.1) is 25.5 Å². The van der Waals surface area contributed by atoms with Gasteiger partial charge in [0.15, 0.2) is 11.5 Å². The van der Waals surface area contributed by atoms with Crippen molar-refractivity contribution in [1.82, 2.24) is 20.1 Å². The molecule has 0 fully saturated rings. The Bertz CT molecular complexity index is 1060. The first kappa shape index (κ1) is 21.9. The minimum absolute atomic E-state index is 0.139. The summed E-state index contributed by atoms with van der Waals surface area (Å²) in [6, 6.07) is 11.2. The molecule has 7 heteroatoms. The Hall–Kier alpha value is -3.35. The van der Waals surface area contributed by atoms with Gasteiger partial charge in [-0.2, -0.15) is 5.10 Å². The van der Waals surface area contributed by atoms with Gasteiger partial charge in [0, 0.05) is 29.6 Å². The van der Waals surface area contributed by atoms with E-state index in [2.05, 4.69) is 10.3 Å². The van der Waals surface area contributed by atoms with Crippen LogP contribution in [0.1, 0.15) is 48.3 Å². The number of pyridine rings is 1. The first-order valence-electron chi connectivity index (χ1n) is 11.4. The lowest BCUT2D eigenvalue weighted by molar-refractivity contribution is 0.0951. The third-order valence-corrected chi connectivity index (χ3v) is 5.58. The fourth-order valence-electron chi connectivity index (χ4n) is 4.13.